The number of hydrogen-bond acceptors (Lipinski definition) is 3. The molecule has 5 heteroatoms. The standard InChI is InChI=1S/C14H18BrNO3/c1-16-6-4-9(5-7-16)11-3-2-10(8-12(11)15)13(17)14(18)19/h2-3,8-9,13,17H,4-7H2,1H3,(H,18,19). The third-order valence-corrected chi connectivity index (χ3v) is 4.42. The number of benzene rings is 1. The Kier molecular flexibility index (Phi) is 4.60. The number of carbonyl (C=O) groups is 1. The van der Waals surface area contributed by atoms with E-state index in [9.17, 15) is 9.90 Å². The van der Waals surface area contributed by atoms with Crippen molar-refractivity contribution in [3.63, 3.8) is 0 Å². The first kappa shape index (κ1) is 14.5. The zero-order valence-electron chi connectivity index (χ0n) is 10.8. The highest BCUT2D eigenvalue weighted by Crippen LogP contribution is 2.34. The molecular weight excluding hydrogens is 310 g/mol. The highest BCUT2D eigenvalue weighted by Gasteiger charge is 2.22. The lowest BCUT2D eigenvalue weighted by atomic mass is 9.89. The smallest absolute Gasteiger partial charge is 0.337 e. The lowest BCUT2D eigenvalue weighted by molar-refractivity contribution is -0.146. The molecule has 1 aliphatic heterocycles. The van der Waals surface area contributed by atoms with Crippen LogP contribution in [0.1, 0.15) is 36.0 Å². The second-order valence-electron chi connectivity index (χ2n) is 5.10. The van der Waals surface area contributed by atoms with Crippen LogP contribution < -0.4 is 0 Å². The van der Waals surface area contributed by atoms with E-state index in [1.54, 1.807) is 12.1 Å². The fraction of sp³-hybridized carbons (Fsp3) is 0.500. The van der Waals surface area contributed by atoms with Crippen molar-refractivity contribution in [3.05, 3.63) is 33.8 Å². The molecule has 1 aromatic carbocycles. The molecule has 104 valence electrons. The number of likely N-dealkylation sites (tertiary alicyclic amines) is 1. The molecule has 1 atom stereocenters. The summed E-state index contributed by atoms with van der Waals surface area (Å²) >= 11 is 3.50. The third-order valence-electron chi connectivity index (χ3n) is 3.73. The average molecular weight is 328 g/mol. The number of aliphatic hydroxyl groups excluding tert-OH is 1. The largest absolute Gasteiger partial charge is 0.479 e. The second kappa shape index (κ2) is 6.03. The molecule has 0 saturated carbocycles. The van der Waals surface area contributed by atoms with Crippen LogP contribution in [0.3, 0.4) is 0 Å². The Labute approximate surface area is 121 Å². The van der Waals surface area contributed by atoms with Gasteiger partial charge in [0.15, 0.2) is 6.10 Å². The van der Waals surface area contributed by atoms with Crippen LogP contribution in [-0.2, 0) is 4.79 Å². The van der Waals surface area contributed by atoms with Gasteiger partial charge in [-0.25, -0.2) is 4.79 Å². The van der Waals surface area contributed by atoms with Crippen LogP contribution in [0.15, 0.2) is 22.7 Å². The molecule has 2 rings (SSSR count). The summed E-state index contributed by atoms with van der Waals surface area (Å²) in [4.78, 5) is 13.1. The fourth-order valence-electron chi connectivity index (χ4n) is 2.51. The van der Waals surface area contributed by atoms with Gasteiger partial charge in [0.1, 0.15) is 0 Å². The Balaban J connectivity index is 2.17. The van der Waals surface area contributed by atoms with Crippen molar-refractivity contribution in [1.82, 2.24) is 4.90 Å². The quantitative estimate of drug-likeness (QED) is 0.894. The summed E-state index contributed by atoms with van der Waals surface area (Å²) in [5.74, 6) is -0.722. The number of halogens is 1. The molecule has 1 aromatic rings. The summed E-state index contributed by atoms with van der Waals surface area (Å²) in [5, 5.41) is 18.3. The van der Waals surface area contributed by atoms with Gasteiger partial charge in [0, 0.05) is 4.47 Å². The van der Waals surface area contributed by atoms with E-state index in [1.165, 1.54) is 5.56 Å². The number of rotatable bonds is 3. The number of carboxylic acid groups (broad SMARTS) is 1. The van der Waals surface area contributed by atoms with Crippen LogP contribution >= 0.6 is 15.9 Å². The average Bonchev–Trinajstić information content (AvgIpc) is 2.39. The molecule has 2 N–H and O–H groups in total. The first-order valence-electron chi connectivity index (χ1n) is 6.38. The summed E-state index contributed by atoms with van der Waals surface area (Å²) in [6.45, 7) is 2.16. The maximum atomic E-state index is 10.8. The van der Waals surface area contributed by atoms with Gasteiger partial charge in [0.05, 0.1) is 0 Å². The van der Waals surface area contributed by atoms with Crippen molar-refractivity contribution < 1.29 is 15.0 Å². The van der Waals surface area contributed by atoms with Crippen LogP contribution in [0, 0.1) is 0 Å². The van der Waals surface area contributed by atoms with Gasteiger partial charge in [0.25, 0.3) is 0 Å². The molecule has 1 heterocycles. The monoisotopic (exact) mass is 327 g/mol. The fourth-order valence-corrected chi connectivity index (χ4v) is 3.23. The Morgan fingerprint density at radius 1 is 1.42 bits per heavy atom. The molecule has 0 bridgehead atoms. The second-order valence-corrected chi connectivity index (χ2v) is 5.95. The molecule has 1 fully saturated rings. The van der Waals surface area contributed by atoms with E-state index in [4.69, 9.17) is 5.11 Å². The zero-order chi connectivity index (χ0) is 14.0. The van der Waals surface area contributed by atoms with Crippen LogP contribution in [0.2, 0.25) is 0 Å². The van der Waals surface area contributed by atoms with Gasteiger partial charge in [0.2, 0.25) is 0 Å². The molecule has 4 nitrogen and oxygen atoms in total. The number of hydrogen-bond donors (Lipinski definition) is 2. The van der Waals surface area contributed by atoms with E-state index < -0.39 is 12.1 Å². The Morgan fingerprint density at radius 2 is 2.05 bits per heavy atom. The van der Waals surface area contributed by atoms with Crippen molar-refractivity contribution in [3.8, 4) is 0 Å². The minimum atomic E-state index is -1.46. The van der Waals surface area contributed by atoms with Gasteiger partial charge >= 0.3 is 5.97 Å². The summed E-state index contributed by atoms with van der Waals surface area (Å²) in [5.41, 5.74) is 1.62. The normalized spacial score (nSPS) is 19.3. The van der Waals surface area contributed by atoms with Crippen LogP contribution in [-0.4, -0.2) is 41.2 Å². The van der Waals surface area contributed by atoms with E-state index in [0.29, 0.717) is 11.5 Å². The SMILES string of the molecule is CN1CCC(c2ccc(C(O)C(=O)O)cc2Br)CC1. The van der Waals surface area contributed by atoms with Crippen LogP contribution in [0.4, 0.5) is 0 Å². The number of aliphatic carboxylic acids is 1. The lowest BCUT2D eigenvalue weighted by Crippen LogP contribution is -2.29. The minimum absolute atomic E-state index is 0.413. The van der Waals surface area contributed by atoms with Gasteiger partial charge < -0.3 is 15.1 Å². The highest BCUT2D eigenvalue weighted by molar-refractivity contribution is 9.10. The number of piperidine rings is 1. The van der Waals surface area contributed by atoms with Crippen LogP contribution in [0.25, 0.3) is 0 Å². The van der Waals surface area contributed by atoms with Crippen molar-refractivity contribution in [1.29, 1.82) is 0 Å². The van der Waals surface area contributed by atoms with Gasteiger partial charge in [-0.3, -0.25) is 0 Å². The predicted molar refractivity (Wildman–Crippen MR) is 76.2 cm³/mol. The number of nitrogens with zero attached hydrogens (tertiary/aromatic N) is 1. The van der Waals surface area contributed by atoms with Crippen molar-refractivity contribution >= 4 is 21.9 Å². The van der Waals surface area contributed by atoms with E-state index in [1.807, 2.05) is 6.07 Å². The molecule has 0 radical (unpaired) electrons. The van der Waals surface area contributed by atoms with Gasteiger partial charge in [-0.15, -0.1) is 0 Å². The van der Waals surface area contributed by atoms with Gasteiger partial charge in [-0.1, -0.05) is 28.1 Å². The summed E-state index contributed by atoms with van der Waals surface area (Å²) in [6.07, 6.45) is 0.758. The molecule has 1 saturated heterocycles. The molecule has 0 spiro atoms. The Hall–Kier alpha value is -0.910. The Bertz CT molecular complexity index is 470. The van der Waals surface area contributed by atoms with E-state index in [2.05, 4.69) is 27.9 Å². The van der Waals surface area contributed by atoms with E-state index in [-0.39, 0.29) is 0 Å². The van der Waals surface area contributed by atoms with E-state index >= 15 is 0 Å². The zero-order valence-corrected chi connectivity index (χ0v) is 12.4. The summed E-state index contributed by atoms with van der Waals surface area (Å²) in [7, 11) is 2.12. The molecule has 19 heavy (non-hydrogen) atoms. The topological polar surface area (TPSA) is 60.8 Å². The maximum absolute atomic E-state index is 10.8. The summed E-state index contributed by atoms with van der Waals surface area (Å²) < 4.78 is 0.889. The molecule has 0 aliphatic carbocycles. The lowest BCUT2D eigenvalue weighted by Gasteiger charge is -2.30. The van der Waals surface area contributed by atoms with Crippen molar-refractivity contribution in [2.45, 2.75) is 24.9 Å². The first-order chi connectivity index (χ1) is 8.99. The first-order valence-corrected chi connectivity index (χ1v) is 7.17. The molecule has 1 unspecified atom stereocenters. The predicted octanol–water partition coefficient (Wildman–Crippen LogP) is 2.38. The maximum Gasteiger partial charge on any atom is 0.337 e. The van der Waals surface area contributed by atoms with Crippen molar-refractivity contribution in [2.75, 3.05) is 20.1 Å². The summed E-state index contributed by atoms with van der Waals surface area (Å²) in [6, 6.07) is 5.35. The van der Waals surface area contributed by atoms with Crippen molar-refractivity contribution in [2.24, 2.45) is 0 Å². The van der Waals surface area contributed by atoms with Crippen LogP contribution in [0.5, 0.6) is 0 Å². The highest BCUT2D eigenvalue weighted by atomic mass is 79.9. The third kappa shape index (κ3) is 3.35. The van der Waals surface area contributed by atoms with E-state index in [0.717, 1.165) is 30.4 Å². The number of aliphatic hydroxyl groups is 1. The molecular formula is C14H18BrNO3. The van der Waals surface area contributed by atoms with Gasteiger partial charge in [-0.2, -0.15) is 0 Å². The minimum Gasteiger partial charge on any atom is -0.479 e. The molecule has 1 aliphatic rings. The van der Waals surface area contributed by atoms with Gasteiger partial charge in [-0.05, 0) is 56.1 Å². The molecule has 0 aromatic heterocycles. The Morgan fingerprint density at radius 3 is 2.58 bits per heavy atom. The molecule has 0 amide bonds. The number of carboxylic acids is 1.